The lowest BCUT2D eigenvalue weighted by atomic mass is 9.85. The van der Waals surface area contributed by atoms with Crippen LogP contribution < -0.4 is 15.8 Å². The maximum Gasteiger partial charge on any atom is 0.227 e. The van der Waals surface area contributed by atoms with Crippen LogP contribution in [-0.4, -0.2) is 11.9 Å². The number of amides is 1. The van der Waals surface area contributed by atoms with E-state index in [0.717, 1.165) is 31.2 Å². The molecule has 2 aromatic rings. The highest BCUT2D eigenvalue weighted by Crippen LogP contribution is 2.25. The molecule has 2 atom stereocenters. The predicted molar refractivity (Wildman–Crippen MR) is 95.7 cm³/mol. The zero-order valence-corrected chi connectivity index (χ0v) is 14.1. The molecule has 1 saturated carbocycles. The Morgan fingerprint density at radius 1 is 1.20 bits per heavy atom. The second-order valence-corrected chi connectivity index (χ2v) is 6.56. The van der Waals surface area contributed by atoms with E-state index in [1.54, 1.807) is 18.2 Å². The molecule has 0 radical (unpaired) electrons. The normalized spacial score (nSPS) is 20.1. The van der Waals surface area contributed by atoms with E-state index >= 15 is 0 Å². The van der Waals surface area contributed by atoms with E-state index in [-0.39, 0.29) is 23.7 Å². The van der Waals surface area contributed by atoms with Gasteiger partial charge in [0.15, 0.2) is 0 Å². The molecule has 4 nitrogen and oxygen atoms in total. The van der Waals surface area contributed by atoms with Crippen molar-refractivity contribution in [1.82, 2.24) is 0 Å². The minimum absolute atomic E-state index is 0.0193. The lowest BCUT2D eigenvalue weighted by Gasteiger charge is -2.25. The highest BCUT2D eigenvalue weighted by atomic mass is 19.1. The van der Waals surface area contributed by atoms with Gasteiger partial charge in [-0.3, -0.25) is 4.79 Å². The number of hydrogen-bond acceptors (Lipinski definition) is 3. The molecule has 0 heterocycles. The van der Waals surface area contributed by atoms with Crippen LogP contribution in [0.1, 0.15) is 31.2 Å². The molecule has 2 aromatic carbocycles. The van der Waals surface area contributed by atoms with Gasteiger partial charge in [-0.25, -0.2) is 4.39 Å². The smallest absolute Gasteiger partial charge is 0.227 e. The number of carbonyl (C=O) groups excluding carboxylic acids is 1. The number of carbonyl (C=O) groups is 1. The summed E-state index contributed by atoms with van der Waals surface area (Å²) < 4.78 is 18.6. The van der Waals surface area contributed by atoms with Crippen LogP contribution in [0.5, 0.6) is 5.75 Å². The molecule has 2 unspecified atom stereocenters. The van der Waals surface area contributed by atoms with Crippen molar-refractivity contribution in [3.05, 3.63) is 59.9 Å². The van der Waals surface area contributed by atoms with E-state index in [2.05, 4.69) is 5.32 Å². The monoisotopic (exact) mass is 342 g/mol. The van der Waals surface area contributed by atoms with E-state index in [1.165, 1.54) is 12.1 Å². The second-order valence-electron chi connectivity index (χ2n) is 6.56. The number of benzene rings is 2. The van der Waals surface area contributed by atoms with E-state index < -0.39 is 0 Å². The third-order valence-electron chi connectivity index (χ3n) is 4.51. The highest BCUT2D eigenvalue weighted by Gasteiger charge is 2.25. The molecule has 0 saturated heterocycles. The molecule has 0 bridgehead atoms. The SMILES string of the molecule is NC1CCCC(C(=O)Nc2cccc(OCc3ccc(F)cc3)c2)C1. The summed E-state index contributed by atoms with van der Waals surface area (Å²) in [6, 6.07) is 13.6. The molecule has 1 aliphatic rings. The van der Waals surface area contributed by atoms with Crippen molar-refractivity contribution in [1.29, 1.82) is 0 Å². The van der Waals surface area contributed by atoms with Crippen molar-refractivity contribution in [2.24, 2.45) is 11.7 Å². The summed E-state index contributed by atoms with van der Waals surface area (Å²) in [7, 11) is 0. The van der Waals surface area contributed by atoms with E-state index in [1.807, 2.05) is 18.2 Å². The summed E-state index contributed by atoms with van der Waals surface area (Å²) in [6.45, 7) is 0.342. The molecule has 3 rings (SSSR count). The summed E-state index contributed by atoms with van der Waals surface area (Å²) >= 11 is 0. The topological polar surface area (TPSA) is 64.4 Å². The number of halogens is 1. The van der Waals surface area contributed by atoms with Crippen molar-refractivity contribution in [2.75, 3.05) is 5.32 Å². The van der Waals surface area contributed by atoms with Crippen molar-refractivity contribution in [3.63, 3.8) is 0 Å². The fraction of sp³-hybridized carbons (Fsp3) is 0.350. The Morgan fingerprint density at radius 2 is 2.00 bits per heavy atom. The van der Waals surface area contributed by atoms with Crippen LogP contribution in [-0.2, 0) is 11.4 Å². The number of nitrogens with two attached hydrogens (primary N) is 1. The Bertz CT molecular complexity index is 718. The number of nitrogens with one attached hydrogen (secondary N) is 1. The Morgan fingerprint density at radius 3 is 2.76 bits per heavy atom. The third kappa shape index (κ3) is 5.03. The minimum Gasteiger partial charge on any atom is -0.489 e. The van der Waals surface area contributed by atoms with Gasteiger partial charge < -0.3 is 15.8 Å². The van der Waals surface area contributed by atoms with Crippen LogP contribution in [0.25, 0.3) is 0 Å². The molecule has 0 spiro atoms. The Labute approximate surface area is 147 Å². The first-order valence-electron chi connectivity index (χ1n) is 8.64. The molecule has 0 aromatic heterocycles. The molecule has 0 aliphatic heterocycles. The zero-order chi connectivity index (χ0) is 17.6. The number of hydrogen-bond donors (Lipinski definition) is 2. The first-order chi connectivity index (χ1) is 12.1. The Balaban J connectivity index is 1.57. The first kappa shape index (κ1) is 17.4. The van der Waals surface area contributed by atoms with E-state index in [4.69, 9.17) is 10.5 Å². The van der Waals surface area contributed by atoms with Crippen LogP contribution in [0.2, 0.25) is 0 Å². The minimum atomic E-state index is -0.268. The molecular weight excluding hydrogens is 319 g/mol. The van der Waals surface area contributed by atoms with Gasteiger partial charge in [0, 0.05) is 23.7 Å². The Hall–Kier alpha value is -2.40. The summed E-state index contributed by atoms with van der Waals surface area (Å²) in [5, 5.41) is 2.95. The second kappa shape index (κ2) is 8.12. The molecule has 1 amide bonds. The van der Waals surface area contributed by atoms with Gasteiger partial charge in [-0.15, -0.1) is 0 Å². The van der Waals surface area contributed by atoms with Gasteiger partial charge >= 0.3 is 0 Å². The molecule has 25 heavy (non-hydrogen) atoms. The summed E-state index contributed by atoms with van der Waals surface area (Å²) in [5.41, 5.74) is 7.55. The quantitative estimate of drug-likeness (QED) is 0.867. The van der Waals surface area contributed by atoms with E-state index in [9.17, 15) is 9.18 Å². The van der Waals surface area contributed by atoms with Gasteiger partial charge in [-0.1, -0.05) is 24.6 Å². The average Bonchev–Trinajstić information content (AvgIpc) is 2.61. The van der Waals surface area contributed by atoms with Crippen molar-refractivity contribution >= 4 is 11.6 Å². The average molecular weight is 342 g/mol. The molecule has 1 fully saturated rings. The van der Waals surface area contributed by atoms with Gasteiger partial charge in [0.1, 0.15) is 18.2 Å². The van der Waals surface area contributed by atoms with Crippen LogP contribution in [0.3, 0.4) is 0 Å². The largest absolute Gasteiger partial charge is 0.489 e. The van der Waals surface area contributed by atoms with Crippen molar-refractivity contribution in [2.45, 2.75) is 38.3 Å². The lowest BCUT2D eigenvalue weighted by Crippen LogP contribution is -2.34. The molecule has 3 N–H and O–H groups in total. The molecular formula is C20H23FN2O2. The third-order valence-corrected chi connectivity index (χ3v) is 4.51. The maximum absolute atomic E-state index is 12.9. The van der Waals surface area contributed by atoms with Crippen LogP contribution >= 0.6 is 0 Å². The van der Waals surface area contributed by atoms with Crippen LogP contribution in [0.4, 0.5) is 10.1 Å². The number of rotatable bonds is 5. The lowest BCUT2D eigenvalue weighted by molar-refractivity contribution is -0.120. The van der Waals surface area contributed by atoms with Crippen molar-refractivity contribution in [3.8, 4) is 5.75 Å². The standard InChI is InChI=1S/C20H23FN2O2/c21-16-9-7-14(8-10-16)13-25-19-6-2-5-18(12-19)23-20(24)15-3-1-4-17(22)11-15/h2,5-10,12,15,17H,1,3-4,11,13,22H2,(H,23,24). The summed E-state index contributed by atoms with van der Waals surface area (Å²) in [6.07, 6.45) is 3.63. The fourth-order valence-electron chi connectivity index (χ4n) is 3.12. The fourth-order valence-corrected chi connectivity index (χ4v) is 3.12. The molecule has 5 heteroatoms. The first-order valence-corrected chi connectivity index (χ1v) is 8.64. The van der Waals surface area contributed by atoms with Gasteiger partial charge in [-0.2, -0.15) is 0 Å². The molecule has 132 valence electrons. The number of anilines is 1. The van der Waals surface area contributed by atoms with Gasteiger partial charge in [0.2, 0.25) is 5.91 Å². The predicted octanol–water partition coefficient (Wildman–Crippen LogP) is 3.86. The van der Waals surface area contributed by atoms with Crippen molar-refractivity contribution < 1.29 is 13.9 Å². The molecule has 1 aliphatic carbocycles. The Kier molecular flexibility index (Phi) is 5.66. The summed E-state index contributed by atoms with van der Waals surface area (Å²) in [5.74, 6) is 0.386. The number of ether oxygens (including phenoxy) is 1. The summed E-state index contributed by atoms with van der Waals surface area (Å²) in [4.78, 5) is 12.4. The van der Waals surface area contributed by atoms with E-state index in [0.29, 0.717) is 18.0 Å². The van der Waals surface area contributed by atoms with Crippen LogP contribution in [0, 0.1) is 11.7 Å². The maximum atomic E-state index is 12.9. The zero-order valence-electron chi connectivity index (χ0n) is 14.1. The highest BCUT2D eigenvalue weighted by molar-refractivity contribution is 5.92. The van der Waals surface area contributed by atoms with Gasteiger partial charge in [0.05, 0.1) is 0 Å². The van der Waals surface area contributed by atoms with Gasteiger partial charge in [-0.05, 0) is 49.1 Å². The van der Waals surface area contributed by atoms with Crippen LogP contribution in [0.15, 0.2) is 48.5 Å². The van der Waals surface area contributed by atoms with Gasteiger partial charge in [0.25, 0.3) is 0 Å².